The maximum atomic E-state index is 12.4. The van der Waals surface area contributed by atoms with E-state index in [0.717, 1.165) is 55.9 Å². The van der Waals surface area contributed by atoms with Crippen molar-refractivity contribution >= 4 is 23.6 Å². The Morgan fingerprint density at radius 2 is 2.05 bits per heavy atom. The molecule has 1 aliphatic carbocycles. The normalized spacial score (nSPS) is 19.6. The Hall–Kier alpha value is -2.60. The van der Waals surface area contributed by atoms with Gasteiger partial charge >= 0.3 is 0 Å². The number of aromatic nitrogens is 2. The first-order chi connectivity index (χ1) is 17.9. The summed E-state index contributed by atoms with van der Waals surface area (Å²) >= 11 is 1.40. The van der Waals surface area contributed by atoms with Crippen LogP contribution in [0.1, 0.15) is 61.3 Å². The summed E-state index contributed by atoms with van der Waals surface area (Å²) in [6, 6.07) is 1.73. The average Bonchev–Trinajstić information content (AvgIpc) is 3.52. The molecular formula is C25H35F2N3O6S. The monoisotopic (exact) mass is 543 g/mol. The first-order valence-electron chi connectivity index (χ1n) is 12.6. The van der Waals surface area contributed by atoms with Gasteiger partial charge in [0.25, 0.3) is 24.0 Å². The molecule has 1 fully saturated rings. The van der Waals surface area contributed by atoms with Crippen molar-refractivity contribution in [1.82, 2.24) is 15.0 Å². The minimum atomic E-state index is -2.48. The topological polar surface area (TPSA) is 115 Å². The molecule has 1 N–H and O–H groups in total. The highest BCUT2D eigenvalue weighted by Gasteiger charge is 2.26. The quantitative estimate of drug-likeness (QED) is 0.383. The zero-order valence-corrected chi connectivity index (χ0v) is 21.9. The lowest BCUT2D eigenvalue weighted by Gasteiger charge is -2.31. The summed E-state index contributed by atoms with van der Waals surface area (Å²) in [6.07, 6.45) is 5.89. The molecular weight excluding hydrogens is 508 g/mol. The lowest BCUT2D eigenvalue weighted by molar-refractivity contribution is -0.123. The highest BCUT2D eigenvalue weighted by Crippen LogP contribution is 2.34. The Balaban J connectivity index is 0.00000121. The number of fused-ring (bicyclic) bond motifs is 1. The Morgan fingerprint density at radius 1 is 1.32 bits per heavy atom. The number of nitrogens with zero attached hydrogens (tertiary/aromatic N) is 3. The van der Waals surface area contributed by atoms with E-state index in [1.165, 1.54) is 24.2 Å². The van der Waals surface area contributed by atoms with E-state index in [4.69, 9.17) is 23.9 Å². The molecule has 1 saturated carbocycles. The molecule has 0 unspecified atom stereocenters. The van der Waals surface area contributed by atoms with Gasteiger partial charge in [0.05, 0.1) is 12.8 Å². The second kappa shape index (κ2) is 15.0. The molecule has 0 saturated heterocycles. The molecule has 0 amide bonds. The molecule has 12 heteroatoms. The van der Waals surface area contributed by atoms with Crippen molar-refractivity contribution in [2.24, 2.45) is 11.8 Å². The number of alkyl halides is 2. The van der Waals surface area contributed by atoms with Gasteiger partial charge in [-0.25, -0.2) is 13.8 Å². The number of ketones is 1. The second-order valence-corrected chi connectivity index (χ2v) is 10.5. The molecule has 206 valence electrons. The highest BCUT2D eigenvalue weighted by atomic mass is 32.1. The first kappa shape index (κ1) is 29.0. The van der Waals surface area contributed by atoms with Crippen molar-refractivity contribution in [3.05, 3.63) is 22.4 Å². The van der Waals surface area contributed by atoms with Crippen LogP contribution >= 0.6 is 11.3 Å². The van der Waals surface area contributed by atoms with E-state index >= 15 is 0 Å². The zero-order valence-electron chi connectivity index (χ0n) is 21.1. The van der Waals surface area contributed by atoms with Crippen molar-refractivity contribution in [1.29, 1.82) is 0 Å². The number of hydrogen-bond donors (Lipinski definition) is 1. The number of carbonyl (C=O) groups excluding carboxylic acids is 1. The standard InChI is InChI=1S/C24H33F2N3O4S.CH2O2/c1-31-23-13-19(33-28-23)7-6-18(30)12-17-4-2-16(3-5-17)8-10-29-11-9-21-20(14-29)27-24(34-21)32-15-22(25)26;2-1-3/h13,16-17,22H,2-12,14-15H2,1H3;1H,(H,2,3). The molecule has 3 heterocycles. The van der Waals surface area contributed by atoms with E-state index in [2.05, 4.69) is 15.0 Å². The van der Waals surface area contributed by atoms with Gasteiger partial charge in [0.1, 0.15) is 11.5 Å². The van der Waals surface area contributed by atoms with Gasteiger partial charge in [-0.2, -0.15) is 0 Å². The molecule has 0 atom stereocenters. The average molecular weight is 544 g/mol. The van der Waals surface area contributed by atoms with E-state index in [1.54, 1.807) is 13.2 Å². The van der Waals surface area contributed by atoms with Crippen LogP contribution in [0.4, 0.5) is 8.78 Å². The molecule has 0 bridgehead atoms. The van der Waals surface area contributed by atoms with E-state index in [9.17, 15) is 13.6 Å². The highest BCUT2D eigenvalue weighted by molar-refractivity contribution is 7.13. The summed E-state index contributed by atoms with van der Waals surface area (Å²) in [5.41, 5.74) is 0.978. The number of thiazole rings is 1. The Kier molecular flexibility index (Phi) is 11.7. The molecule has 9 nitrogen and oxygen atoms in total. The van der Waals surface area contributed by atoms with Gasteiger partial charge in [-0.1, -0.05) is 24.2 Å². The van der Waals surface area contributed by atoms with Gasteiger partial charge in [-0.15, -0.1) is 0 Å². The number of aryl methyl sites for hydroxylation is 1. The lowest BCUT2D eigenvalue weighted by atomic mass is 9.78. The first-order valence-corrected chi connectivity index (χ1v) is 13.4. The molecule has 0 aromatic carbocycles. The molecule has 2 aromatic rings. The molecule has 0 radical (unpaired) electrons. The third kappa shape index (κ3) is 9.66. The number of Topliss-reactive ketones (excluding diaryl/α,β-unsaturated/α-hetero) is 1. The van der Waals surface area contributed by atoms with Crippen LogP contribution in [-0.4, -0.2) is 65.6 Å². The largest absolute Gasteiger partial charge is 0.483 e. The Bertz CT molecular complexity index is 978. The predicted octanol–water partition coefficient (Wildman–Crippen LogP) is 4.63. The predicted molar refractivity (Wildman–Crippen MR) is 132 cm³/mol. The fourth-order valence-electron chi connectivity index (χ4n) is 4.90. The fraction of sp³-hybridized carbons (Fsp3) is 0.680. The van der Waals surface area contributed by atoms with Crippen LogP contribution in [0.5, 0.6) is 11.1 Å². The Morgan fingerprint density at radius 3 is 2.73 bits per heavy atom. The van der Waals surface area contributed by atoms with E-state index in [1.807, 2.05) is 0 Å². The third-order valence-corrected chi connectivity index (χ3v) is 7.92. The number of rotatable bonds is 12. The van der Waals surface area contributed by atoms with Crippen LogP contribution in [0.15, 0.2) is 10.6 Å². The van der Waals surface area contributed by atoms with Crippen molar-refractivity contribution in [3.8, 4) is 11.1 Å². The smallest absolute Gasteiger partial charge is 0.290 e. The summed E-state index contributed by atoms with van der Waals surface area (Å²) in [5.74, 6) is 2.62. The van der Waals surface area contributed by atoms with Gasteiger partial charge in [0.2, 0.25) is 0 Å². The van der Waals surface area contributed by atoms with Crippen molar-refractivity contribution in [2.45, 2.75) is 70.8 Å². The summed E-state index contributed by atoms with van der Waals surface area (Å²) in [6.45, 7) is 1.93. The summed E-state index contributed by atoms with van der Waals surface area (Å²) < 4.78 is 40.0. The van der Waals surface area contributed by atoms with Gasteiger partial charge in [0, 0.05) is 43.3 Å². The van der Waals surface area contributed by atoms with Gasteiger partial charge < -0.3 is 19.1 Å². The number of carboxylic acid groups (broad SMARTS) is 1. The number of halogens is 2. The van der Waals surface area contributed by atoms with Crippen LogP contribution in [0.3, 0.4) is 0 Å². The minimum absolute atomic E-state index is 0.250. The number of carbonyl (C=O) groups is 2. The van der Waals surface area contributed by atoms with E-state index < -0.39 is 13.0 Å². The van der Waals surface area contributed by atoms with Crippen LogP contribution in [0.2, 0.25) is 0 Å². The molecule has 37 heavy (non-hydrogen) atoms. The summed E-state index contributed by atoms with van der Waals surface area (Å²) in [5, 5.41) is 11.0. The molecule has 0 spiro atoms. The fourth-order valence-corrected chi connectivity index (χ4v) is 5.81. The molecule has 4 rings (SSSR count). The maximum Gasteiger partial charge on any atom is 0.290 e. The number of methoxy groups -OCH3 is 1. The number of hydrogen-bond acceptors (Lipinski definition) is 9. The SMILES string of the molecule is COc1cc(CCC(=O)CC2CCC(CCN3CCc4sc(OCC(F)F)nc4C3)CC2)on1.O=CO. The van der Waals surface area contributed by atoms with Crippen LogP contribution in [0.25, 0.3) is 0 Å². The maximum absolute atomic E-state index is 12.4. The lowest BCUT2D eigenvalue weighted by Crippen LogP contribution is -2.32. The second-order valence-electron chi connectivity index (χ2n) is 9.44. The third-order valence-electron chi connectivity index (χ3n) is 6.85. The van der Waals surface area contributed by atoms with E-state index in [0.29, 0.717) is 53.7 Å². The Labute approximate surface area is 219 Å². The van der Waals surface area contributed by atoms with Crippen LogP contribution < -0.4 is 9.47 Å². The minimum Gasteiger partial charge on any atom is -0.483 e. The summed E-state index contributed by atoms with van der Waals surface area (Å²) in [7, 11) is 1.54. The van der Waals surface area contributed by atoms with E-state index in [-0.39, 0.29) is 6.47 Å². The van der Waals surface area contributed by atoms with Crippen molar-refractivity contribution in [3.63, 3.8) is 0 Å². The van der Waals surface area contributed by atoms with Crippen molar-refractivity contribution < 1.29 is 37.5 Å². The molecule has 2 aromatic heterocycles. The van der Waals surface area contributed by atoms with Crippen LogP contribution in [-0.2, 0) is 29.0 Å². The van der Waals surface area contributed by atoms with Gasteiger partial charge in [0.15, 0.2) is 6.61 Å². The van der Waals surface area contributed by atoms with Gasteiger partial charge in [-0.3, -0.25) is 14.5 Å². The zero-order chi connectivity index (χ0) is 26.6. The van der Waals surface area contributed by atoms with Gasteiger partial charge in [-0.05, 0) is 49.2 Å². The molecule has 1 aliphatic heterocycles. The van der Waals surface area contributed by atoms with Crippen molar-refractivity contribution in [2.75, 3.05) is 26.8 Å². The number of ether oxygens (including phenoxy) is 2. The molecule has 2 aliphatic rings. The van der Waals surface area contributed by atoms with Crippen LogP contribution in [0, 0.1) is 11.8 Å². The summed E-state index contributed by atoms with van der Waals surface area (Å²) in [4.78, 5) is 28.8.